The maximum Gasteiger partial charge on any atom is 0.214 e. The van der Waals surface area contributed by atoms with E-state index < -0.39 is 0 Å². The van der Waals surface area contributed by atoms with Crippen molar-refractivity contribution in [2.24, 2.45) is 15.8 Å². The lowest BCUT2D eigenvalue weighted by molar-refractivity contribution is 1.00. The number of hydrazone groups is 1. The van der Waals surface area contributed by atoms with Crippen molar-refractivity contribution < 1.29 is 0 Å². The van der Waals surface area contributed by atoms with Crippen LogP contribution in [0.25, 0.3) is 11.1 Å². The molecule has 0 saturated heterocycles. The third-order valence-electron chi connectivity index (χ3n) is 4.56. The van der Waals surface area contributed by atoms with Gasteiger partial charge in [-0.15, -0.1) is 0 Å². The van der Waals surface area contributed by atoms with E-state index in [0.29, 0.717) is 0 Å². The second-order valence-electron chi connectivity index (χ2n) is 6.35. The molecule has 0 amide bonds. The molecule has 0 heterocycles. The van der Waals surface area contributed by atoms with Crippen LogP contribution in [0.5, 0.6) is 0 Å². The van der Waals surface area contributed by atoms with Gasteiger partial charge in [0.15, 0.2) is 0 Å². The molecule has 3 aromatic rings. The molecule has 4 rings (SSSR count). The van der Waals surface area contributed by atoms with Crippen molar-refractivity contribution in [1.29, 1.82) is 0 Å². The third kappa shape index (κ3) is 3.22. The van der Waals surface area contributed by atoms with Crippen LogP contribution in [0.2, 0.25) is 0 Å². The monoisotopic (exact) mass is 340 g/mol. The third-order valence-corrected chi connectivity index (χ3v) is 4.56. The lowest BCUT2D eigenvalue weighted by atomic mass is 10.0. The molecule has 4 heteroatoms. The number of aliphatic imine (C=N–C) groups is 1. The minimum Gasteiger partial charge on any atom is -0.368 e. The van der Waals surface area contributed by atoms with Crippen molar-refractivity contribution in [2.75, 3.05) is 0 Å². The van der Waals surface area contributed by atoms with Crippen molar-refractivity contribution in [3.05, 3.63) is 89.5 Å². The highest BCUT2D eigenvalue weighted by molar-refractivity contribution is 6.00. The zero-order valence-electron chi connectivity index (χ0n) is 14.6. The lowest BCUT2D eigenvalue weighted by Crippen LogP contribution is -2.27. The summed E-state index contributed by atoms with van der Waals surface area (Å²) in [6, 6.07) is 24.6. The summed E-state index contributed by atoms with van der Waals surface area (Å²) in [6.07, 6.45) is 0.970. The number of guanidine groups is 1. The molecule has 0 radical (unpaired) electrons. The highest BCUT2D eigenvalue weighted by atomic mass is 15.4. The van der Waals surface area contributed by atoms with Crippen LogP contribution in [0.15, 0.2) is 82.9 Å². The lowest BCUT2D eigenvalue weighted by Gasteiger charge is -2.06. The van der Waals surface area contributed by atoms with Gasteiger partial charge in [-0.3, -0.25) is 0 Å². The number of nitrogens with two attached hydrogens (primary N) is 1. The van der Waals surface area contributed by atoms with Crippen LogP contribution in [0, 0.1) is 0 Å². The van der Waals surface area contributed by atoms with Gasteiger partial charge in [-0.1, -0.05) is 54.6 Å². The summed E-state index contributed by atoms with van der Waals surface area (Å²) in [5.74, 6) is 0.268. The summed E-state index contributed by atoms with van der Waals surface area (Å²) in [6.45, 7) is 1.96. The normalized spacial score (nSPS) is 13.3. The van der Waals surface area contributed by atoms with Crippen LogP contribution in [0.3, 0.4) is 0 Å². The van der Waals surface area contributed by atoms with Crippen molar-refractivity contribution in [3.8, 4) is 11.1 Å². The summed E-state index contributed by atoms with van der Waals surface area (Å²) >= 11 is 0. The Labute approximate surface area is 153 Å². The molecule has 0 bridgehead atoms. The molecule has 0 saturated carbocycles. The molecular formula is C22H20N4. The Morgan fingerprint density at radius 2 is 1.62 bits per heavy atom. The van der Waals surface area contributed by atoms with E-state index in [1.54, 1.807) is 0 Å². The Kier molecular flexibility index (Phi) is 4.23. The molecule has 4 nitrogen and oxygen atoms in total. The van der Waals surface area contributed by atoms with Crippen LogP contribution >= 0.6 is 0 Å². The highest BCUT2D eigenvalue weighted by Gasteiger charge is 2.18. The number of hydrogen-bond donors (Lipinski definition) is 2. The second-order valence-corrected chi connectivity index (χ2v) is 6.35. The number of benzene rings is 3. The Morgan fingerprint density at radius 1 is 0.885 bits per heavy atom. The molecule has 1 aliphatic carbocycles. The van der Waals surface area contributed by atoms with Crippen LogP contribution in [-0.2, 0) is 6.42 Å². The van der Waals surface area contributed by atoms with E-state index in [1.165, 1.54) is 22.3 Å². The fourth-order valence-electron chi connectivity index (χ4n) is 3.24. The van der Waals surface area contributed by atoms with Gasteiger partial charge in [-0.05, 0) is 59.4 Å². The Hall–Kier alpha value is -3.40. The van der Waals surface area contributed by atoms with Gasteiger partial charge in [-0.2, -0.15) is 5.10 Å². The quantitative estimate of drug-likeness (QED) is 0.333. The predicted octanol–water partition coefficient (Wildman–Crippen LogP) is 4.22. The fourth-order valence-corrected chi connectivity index (χ4v) is 3.24. The van der Waals surface area contributed by atoms with Crippen LogP contribution in [-0.4, -0.2) is 11.7 Å². The summed E-state index contributed by atoms with van der Waals surface area (Å²) in [7, 11) is 0. The Balaban J connectivity index is 1.52. The van der Waals surface area contributed by atoms with E-state index >= 15 is 0 Å². The zero-order chi connectivity index (χ0) is 17.9. The number of hydrogen-bond acceptors (Lipinski definition) is 2. The van der Waals surface area contributed by atoms with Crippen LogP contribution < -0.4 is 11.2 Å². The van der Waals surface area contributed by atoms with Crippen LogP contribution in [0.1, 0.15) is 23.6 Å². The summed E-state index contributed by atoms with van der Waals surface area (Å²) < 4.78 is 0. The molecule has 0 aromatic heterocycles. The minimum atomic E-state index is 0.268. The predicted molar refractivity (Wildman–Crippen MR) is 108 cm³/mol. The number of rotatable bonds is 3. The first kappa shape index (κ1) is 16.1. The van der Waals surface area contributed by atoms with Gasteiger partial charge < -0.3 is 5.73 Å². The topological polar surface area (TPSA) is 62.8 Å². The molecule has 0 fully saturated rings. The SMILES string of the molecule is CC(=NNC(N)=Nc1ccccc1)c1ccc2c(c1)Cc1ccccc1-2. The van der Waals surface area contributed by atoms with Gasteiger partial charge >= 0.3 is 0 Å². The van der Waals surface area contributed by atoms with Crippen molar-refractivity contribution in [3.63, 3.8) is 0 Å². The smallest absolute Gasteiger partial charge is 0.214 e. The van der Waals surface area contributed by atoms with Gasteiger partial charge in [0.2, 0.25) is 5.96 Å². The average Bonchev–Trinajstić information content (AvgIpc) is 3.04. The van der Waals surface area contributed by atoms with Gasteiger partial charge in [0.1, 0.15) is 0 Å². The molecule has 0 spiro atoms. The number of para-hydroxylation sites is 1. The molecule has 128 valence electrons. The summed E-state index contributed by atoms with van der Waals surface area (Å²) in [5.41, 5.74) is 16.9. The van der Waals surface area contributed by atoms with E-state index in [0.717, 1.165) is 23.4 Å². The van der Waals surface area contributed by atoms with E-state index in [2.05, 4.69) is 58.0 Å². The summed E-state index contributed by atoms with van der Waals surface area (Å²) in [5, 5.41) is 4.38. The first-order valence-corrected chi connectivity index (χ1v) is 8.62. The van der Waals surface area contributed by atoms with Gasteiger partial charge in [-0.25, -0.2) is 10.4 Å². The average molecular weight is 340 g/mol. The molecule has 3 aromatic carbocycles. The molecule has 0 unspecified atom stereocenters. The molecule has 1 aliphatic rings. The maximum atomic E-state index is 5.91. The van der Waals surface area contributed by atoms with Gasteiger partial charge in [0.05, 0.1) is 11.4 Å². The number of nitrogens with one attached hydrogen (secondary N) is 1. The maximum absolute atomic E-state index is 5.91. The minimum absolute atomic E-state index is 0.268. The Bertz CT molecular complexity index is 1000. The first-order valence-electron chi connectivity index (χ1n) is 8.62. The van der Waals surface area contributed by atoms with E-state index in [-0.39, 0.29) is 5.96 Å². The van der Waals surface area contributed by atoms with E-state index in [1.807, 2.05) is 37.3 Å². The van der Waals surface area contributed by atoms with Crippen LogP contribution in [0.4, 0.5) is 5.69 Å². The largest absolute Gasteiger partial charge is 0.368 e. The van der Waals surface area contributed by atoms with Crippen molar-refractivity contribution in [1.82, 2.24) is 5.43 Å². The number of fused-ring (bicyclic) bond motifs is 3. The van der Waals surface area contributed by atoms with Gasteiger partial charge in [0.25, 0.3) is 0 Å². The van der Waals surface area contributed by atoms with Crippen molar-refractivity contribution >= 4 is 17.4 Å². The van der Waals surface area contributed by atoms with E-state index in [9.17, 15) is 0 Å². The molecule has 0 atom stereocenters. The molecule has 0 aliphatic heterocycles. The molecule has 3 N–H and O–H groups in total. The summed E-state index contributed by atoms with van der Waals surface area (Å²) in [4.78, 5) is 4.29. The molecular weight excluding hydrogens is 320 g/mol. The standard InChI is InChI=1S/C22H20N4/c1-15(25-26-22(23)24-19-8-3-2-4-9-19)16-11-12-21-18(13-16)14-17-7-5-6-10-20(17)21/h2-13H,14H2,1H3,(H3,23,24,26). The van der Waals surface area contributed by atoms with Gasteiger partial charge in [0, 0.05) is 0 Å². The fraction of sp³-hybridized carbons (Fsp3) is 0.0909. The second kappa shape index (κ2) is 6.84. The van der Waals surface area contributed by atoms with Crippen molar-refractivity contribution in [2.45, 2.75) is 13.3 Å². The Morgan fingerprint density at radius 3 is 2.46 bits per heavy atom. The van der Waals surface area contributed by atoms with E-state index in [4.69, 9.17) is 5.73 Å². The first-order chi connectivity index (χ1) is 12.7. The molecule has 26 heavy (non-hydrogen) atoms. The highest BCUT2D eigenvalue weighted by Crippen LogP contribution is 2.36. The number of nitrogens with zero attached hydrogens (tertiary/aromatic N) is 2. The zero-order valence-corrected chi connectivity index (χ0v) is 14.6.